The van der Waals surface area contributed by atoms with Crippen LogP contribution in [-0.2, 0) is 5.41 Å². The summed E-state index contributed by atoms with van der Waals surface area (Å²) in [4.78, 5) is 12.0. The van der Waals surface area contributed by atoms with Crippen LogP contribution in [0.4, 0.5) is 0 Å². The van der Waals surface area contributed by atoms with Gasteiger partial charge in [-0.1, -0.05) is 32.9 Å². The normalized spacial score (nSPS) is 11.6. The van der Waals surface area contributed by atoms with Crippen LogP contribution >= 0.6 is 9.24 Å². The molecule has 2 heteroatoms. The number of hydrogen-bond donors (Lipinski definition) is 0. The van der Waals surface area contributed by atoms with Crippen molar-refractivity contribution < 1.29 is 4.79 Å². The third-order valence-electron chi connectivity index (χ3n) is 3.05. The Balaban J connectivity index is 3.25. The van der Waals surface area contributed by atoms with Gasteiger partial charge in [0.1, 0.15) is 0 Å². The minimum absolute atomic E-state index is 0.137. The number of aryl methyl sites for hydroxylation is 2. The number of hydrogen-bond acceptors (Lipinski definition) is 1. The van der Waals surface area contributed by atoms with Crippen molar-refractivity contribution in [3.8, 4) is 0 Å². The van der Waals surface area contributed by atoms with Crippen LogP contribution in [0.25, 0.3) is 0 Å². The zero-order valence-electron chi connectivity index (χ0n) is 11.6. The molecular weight excluding hydrogens is 227 g/mol. The second kappa shape index (κ2) is 5.31. The summed E-state index contributed by atoms with van der Waals surface area (Å²) < 4.78 is 0. The number of Topliss-reactive ketones (excluding diaryl/α,β-unsaturated/α-hetero) is 1. The highest BCUT2D eigenvalue weighted by molar-refractivity contribution is 7.16. The maximum absolute atomic E-state index is 12.0. The number of ketones is 1. The van der Waals surface area contributed by atoms with Crippen LogP contribution in [0.2, 0.25) is 0 Å². The van der Waals surface area contributed by atoms with E-state index in [4.69, 9.17) is 0 Å². The monoisotopic (exact) mass is 250 g/mol. The molecule has 0 saturated carbocycles. The Morgan fingerprint density at radius 1 is 1.18 bits per heavy atom. The summed E-state index contributed by atoms with van der Waals surface area (Å²) in [6.45, 7) is 10.7. The molecule has 1 atom stereocenters. The minimum atomic E-state index is 0.137. The molecule has 0 fully saturated rings. The number of carbonyl (C=O) groups excluding carboxylic acids is 1. The number of benzene rings is 1. The van der Waals surface area contributed by atoms with E-state index in [1.54, 1.807) is 0 Å². The largest absolute Gasteiger partial charge is 0.294 e. The van der Waals surface area contributed by atoms with Crippen molar-refractivity contribution in [2.24, 2.45) is 0 Å². The van der Waals surface area contributed by atoms with Crippen LogP contribution in [0.15, 0.2) is 12.1 Å². The smallest absolute Gasteiger partial charge is 0.163 e. The second-order valence-corrected chi connectivity index (χ2v) is 6.27. The Labute approximate surface area is 107 Å². The van der Waals surface area contributed by atoms with Crippen LogP contribution in [0.5, 0.6) is 0 Å². The molecule has 0 heterocycles. The van der Waals surface area contributed by atoms with Crippen molar-refractivity contribution in [2.75, 3.05) is 6.16 Å². The van der Waals surface area contributed by atoms with Crippen LogP contribution in [0, 0.1) is 13.8 Å². The highest BCUT2D eigenvalue weighted by Gasteiger charge is 2.18. The third kappa shape index (κ3) is 3.39. The van der Waals surface area contributed by atoms with Crippen LogP contribution in [0.1, 0.15) is 54.2 Å². The standard InChI is InChI=1S/C15H23OP/c1-10-8-12(15(3,4)5)9-11(2)14(10)13(16)6-7-17/h8-9H,6-7,17H2,1-5H3. The topological polar surface area (TPSA) is 17.1 Å². The van der Waals surface area contributed by atoms with Gasteiger partial charge in [-0.3, -0.25) is 4.79 Å². The maximum Gasteiger partial charge on any atom is 0.163 e. The van der Waals surface area contributed by atoms with E-state index in [2.05, 4.69) is 42.1 Å². The summed E-state index contributed by atoms with van der Waals surface area (Å²) in [6, 6.07) is 4.31. The molecule has 1 nitrogen and oxygen atoms in total. The Morgan fingerprint density at radius 2 is 1.65 bits per heavy atom. The fourth-order valence-corrected chi connectivity index (χ4v) is 2.35. The Bertz CT molecular complexity index is 404. The van der Waals surface area contributed by atoms with E-state index in [-0.39, 0.29) is 11.2 Å². The van der Waals surface area contributed by atoms with E-state index in [9.17, 15) is 4.79 Å². The Kier molecular flexibility index (Phi) is 4.49. The van der Waals surface area contributed by atoms with Gasteiger partial charge in [-0.25, -0.2) is 0 Å². The first-order valence-electron chi connectivity index (χ1n) is 6.12. The molecule has 0 aliphatic carbocycles. The first-order chi connectivity index (χ1) is 7.77. The molecule has 17 heavy (non-hydrogen) atoms. The van der Waals surface area contributed by atoms with Crippen molar-refractivity contribution in [3.63, 3.8) is 0 Å². The molecular formula is C15H23OP. The zero-order chi connectivity index (χ0) is 13.2. The highest BCUT2D eigenvalue weighted by Crippen LogP contribution is 2.27. The maximum atomic E-state index is 12.0. The van der Waals surface area contributed by atoms with E-state index in [1.165, 1.54) is 5.56 Å². The molecule has 0 saturated heterocycles. The van der Waals surface area contributed by atoms with Crippen molar-refractivity contribution in [3.05, 3.63) is 34.4 Å². The van der Waals surface area contributed by atoms with Gasteiger partial charge in [-0.05, 0) is 42.1 Å². The first-order valence-corrected chi connectivity index (χ1v) is 6.94. The number of carbonyl (C=O) groups is 1. The quantitative estimate of drug-likeness (QED) is 0.584. The predicted molar refractivity (Wildman–Crippen MR) is 78.1 cm³/mol. The van der Waals surface area contributed by atoms with Crippen molar-refractivity contribution >= 4 is 15.0 Å². The molecule has 0 N–H and O–H groups in total. The summed E-state index contributed by atoms with van der Waals surface area (Å²) >= 11 is 0. The van der Waals surface area contributed by atoms with Gasteiger partial charge in [0.25, 0.3) is 0 Å². The number of rotatable bonds is 3. The lowest BCUT2D eigenvalue weighted by Crippen LogP contribution is -2.14. The molecule has 1 aromatic rings. The Morgan fingerprint density at radius 3 is 2.00 bits per heavy atom. The first kappa shape index (κ1) is 14.4. The van der Waals surface area contributed by atoms with Gasteiger partial charge in [0.2, 0.25) is 0 Å². The Hall–Kier alpha value is -0.680. The summed E-state index contributed by atoms with van der Waals surface area (Å²) in [5.74, 6) is 0.260. The second-order valence-electron chi connectivity index (χ2n) is 5.70. The molecule has 0 aliphatic heterocycles. The lowest BCUT2D eigenvalue weighted by Gasteiger charge is -2.22. The van der Waals surface area contributed by atoms with Gasteiger partial charge >= 0.3 is 0 Å². The van der Waals surface area contributed by atoms with Gasteiger partial charge in [0.05, 0.1) is 0 Å². The molecule has 0 spiro atoms. The van der Waals surface area contributed by atoms with Gasteiger partial charge in [-0.15, -0.1) is 9.24 Å². The average Bonchev–Trinajstić information content (AvgIpc) is 2.15. The SMILES string of the molecule is Cc1cc(C(C)(C)C)cc(C)c1C(=O)CCP. The van der Waals surface area contributed by atoms with Crippen LogP contribution in [-0.4, -0.2) is 11.9 Å². The van der Waals surface area contributed by atoms with Crippen LogP contribution in [0.3, 0.4) is 0 Å². The van der Waals surface area contributed by atoms with E-state index in [0.717, 1.165) is 22.9 Å². The summed E-state index contributed by atoms with van der Waals surface area (Å²) in [6.07, 6.45) is 1.44. The fourth-order valence-electron chi connectivity index (χ4n) is 2.09. The molecule has 0 aliphatic rings. The van der Waals surface area contributed by atoms with E-state index in [1.807, 2.05) is 13.8 Å². The molecule has 0 amide bonds. The third-order valence-corrected chi connectivity index (χ3v) is 3.34. The summed E-state index contributed by atoms with van der Waals surface area (Å²) in [7, 11) is 2.61. The van der Waals surface area contributed by atoms with Gasteiger partial charge in [0.15, 0.2) is 5.78 Å². The minimum Gasteiger partial charge on any atom is -0.294 e. The molecule has 0 bridgehead atoms. The molecule has 1 rings (SSSR count). The fraction of sp³-hybridized carbons (Fsp3) is 0.533. The molecule has 0 radical (unpaired) electrons. The van der Waals surface area contributed by atoms with Crippen LogP contribution < -0.4 is 0 Å². The molecule has 0 aromatic heterocycles. The van der Waals surface area contributed by atoms with Crippen molar-refractivity contribution in [1.82, 2.24) is 0 Å². The molecule has 1 unspecified atom stereocenters. The average molecular weight is 250 g/mol. The van der Waals surface area contributed by atoms with E-state index >= 15 is 0 Å². The van der Waals surface area contributed by atoms with Crippen molar-refractivity contribution in [2.45, 2.75) is 46.5 Å². The van der Waals surface area contributed by atoms with Crippen molar-refractivity contribution in [1.29, 1.82) is 0 Å². The lowest BCUT2D eigenvalue weighted by atomic mass is 9.83. The van der Waals surface area contributed by atoms with Gasteiger partial charge < -0.3 is 0 Å². The van der Waals surface area contributed by atoms with Gasteiger partial charge in [-0.2, -0.15) is 0 Å². The lowest BCUT2D eigenvalue weighted by molar-refractivity contribution is 0.0988. The van der Waals surface area contributed by atoms with Gasteiger partial charge in [0, 0.05) is 12.0 Å². The summed E-state index contributed by atoms with van der Waals surface area (Å²) in [5.41, 5.74) is 4.57. The van der Waals surface area contributed by atoms with E-state index in [0.29, 0.717) is 6.42 Å². The summed E-state index contributed by atoms with van der Waals surface area (Å²) in [5, 5.41) is 0. The molecule has 1 aromatic carbocycles. The zero-order valence-corrected chi connectivity index (χ0v) is 12.7. The van der Waals surface area contributed by atoms with E-state index < -0.39 is 0 Å². The predicted octanol–water partition coefficient (Wildman–Crippen LogP) is 4.05. The highest BCUT2D eigenvalue weighted by atomic mass is 31.0. The molecule has 94 valence electrons.